The number of alkyl halides is 1. The maximum absolute atomic E-state index is 5.99. The number of hydrogen-bond acceptors (Lipinski definition) is 3. The van der Waals surface area contributed by atoms with Gasteiger partial charge in [0.2, 0.25) is 0 Å². The molecule has 2 aliphatic heterocycles. The Morgan fingerprint density at radius 2 is 2.50 bits per heavy atom. The molecule has 2 rings (SSSR count). The summed E-state index contributed by atoms with van der Waals surface area (Å²) < 4.78 is 0. The lowest BCUT2D eigenvalue weighted by molar-refractivity contribution is 0.339. The molecular weight excluding hydrogens is 197 g/mol. The third-order valence-electron chi connectivity index (χ3n) is 1.91. The summed E-state index contributed by atoms with van der Waals surface area (Å²) in [7, 11) is 0. The van der Waals surface area contributed by atoms with Crippen LogP contribution in [-0.2, 0) is 0 Å². The molecule has 0 aliphatic carbocycles. The van der Waals surface area contributed by atoms with E-state index in [0.717, 1.165) is 25.3 Å². The van der Waals surface area contributed by atoms with Crippen LogP contribution in [0.3, 0.4) is 0 Å². The minimum atomic E-state index is -0.249. The summed E-state index contributed by atoms with van der Waals surface area (Å²) in [6.07, 6.45) is 2.86. The Hall–Kier alpha value is -0.410. The molecule has 12 heavy (non-hydrogen) atoms. The summed E-state index contributed by atoms with van der Waals surface area (Å²) >= 11 is 11.8. The van der Waals surface area contributed by atoms with Crippen LogP contribution >= 0.6 is 23.2 Å². The average molecular weight is 206 g/mol. The largest absolute Gasteiger partial charge is 0.343 e. The maximum Gasteiger partial charge on any atom is 0.179 e. The van der Waals surface area contributed by atoms with Crippen molar-refractivity contribution in [2.45, 2.75) is 12.0 Å². The zero-order chi connectivity index (χ0) is 8.55. The molecule has 3 nitrogen and oxygen atoms in total. The van der Waals surface area contributed by atoms with Gasteiger partial charge in [-0.25, -0.2) is 0 Å². The van der Waals surface area contributed by atoms with Gasteiger partial charge in [-0.3, -0.25) is 4.99 Å². The van der Waals surface area contributed by atoms with E-state index in [1.165, 1.54) is 0 Å². The second-order valence-corrected chi connectivity index (χ2v) is 3.58. The highest BCUT2D eigenvalue weighted by Gasteiger charge is 2.25. The van der Waals surface area contributed by atoms with E-state index in [1.807, 2.05) is 4.90 Å². The van der Waals surface area contributed by atoms with Gasteiger partial charge < -0.3 is 10.2 Å². The van der Waals surface area contributed by atoms with Gasteiger partial charge in [-0.05, 0) is 6.42 Å². The summed E-state index contributed by atoms with van der Waals surface area (Å²) in [5, 5.41) is 3.48. The Morgan fingerprint density at radius 3 is 3.33 bits per heavy atom. The van der Waals surface area contributed by atoms with Crippen LogP contribution < -0.4 is 5.32 Å². The summed E-state index contributed by atoms with van der Waals surface area (Å²) in [6.45, 7) is 1.82. The number of nitrogens with one attached hydrogen (secondary N) is 1. The standard InChI is InChI=1S/C7H9Cl2N3/c8-5-4-6-10-2-1-3-12(6)7(9)11-5/h4,7,11H,1-3H2. The first-order valence-corrected chi connectivity index (χ1v) is 4.68. The molecule has 0 amide bonds. The van der Waals surface area contributed by atoms with Gasteiger partial charge in [0.25, 0.3) is 0 Å². The van der Waals surface area contributed by atoms with Crippen LogP contribution in [0.5, 0.6) is 0 Å². The fourth-order valence-corrected chi connectivity index (χ4v) is 1.92. The van der Waals surface area contributed by atoms with Gasteiger partial charge in [0, 0.05) is 19.2 Å². The number of halogens is 2. The highest BCUT2D eigenvalue weighted by atomic mass is 35.5. The van der Waals surface area contributed by atoms with Crippen molar-refractivity contribution in [1.82, 2.24) is 10.2 Å². The van der Waals surface area contributed by atoms with Crippen LogP contribution in [-0.4, -0.2) is 29.4 Å². The molecule has 0 bridgehead atoms. The lowest BCUT2D eigenvalue weighted by Gasteiger charge is -2.35. The molecule has 0 fully saturated rings. The lowest BCUT2D eigenvalue weighted by atomic mass is 10.3. The van der Waals surface area contributed by atoms with Gasteiger partial charge in [-0.15, -0.1) is 0 Å². The topological polar surface area (TPSA) is 27.6 Å². The molecule has 0 aromatic carbocycles. The fourth-order valence-electron chi connectivity index (χ4n) is 1.34. The van der Waals surface area contributed by atoms with Crippen LogP contribution in [0.15, 0.2) is 16.2 Å². The molecule has 5 heteroatoms. The van der Waals surface area contributed by atoms with Gasteiger partial charge in [-0.2, -0.15) is 0 Å². The zero-order valence-corrected chi connectivity index (χ0v) is 7.94. The lowest BCUT2D eigenvalue weighted by Crippen LogP contribution is -2.49. The predicted octanol–water partition coefficient (Wildman–Crippen LogP) is 1.30. The molecule has 0 aromatic rings. The number of amidine groups is 1. The number of hydrogen-bond donors (Lipinski definition) is 1. The minimum Gasteiger partial charge on any atom is -0.343 e. The van der Waals surface area contributed by atoms with Gasteiger partial charge >= 0.3 is 0 Å². The molecule has 1 N–H and O–H groups in total. The summed E-state index contributed by atoms with van der Waals surface area (Å²) in [5.41, 5.74) is -0.249. The average Bonchev–Trinajstić information content (AvgIpc) is 2.04. The van der Waals surface area contributed by atoms with Crippen LogP contribution in [0.25, 0.3) is 0 Å². The molecule has 66 valence electrons. The van der Waals surface area contributed by atoms with E-state index in [2.05, 4.69) is 10.3 Å². The van der Waals surface area contributed by atoms with Crippen molar-refractivity contribution in [2.75, 3.05) is 13.1 Å². The molecule has 1 unspecified atom stereocenters. The van der Waals surface area contributed by atoms with Gasteiger partial charge in [0.05, 0.1) is 0 Å². The Bertz CT molecular complexity index is 249. The molecular formula is C7H9Cl2N3. The van der Waals surface area contributed by atoms with Crippen molar-refractivity contribution in [1.29, 1.82) is 0 Å². The molecule has 0 saturated carbocycles. The third kappa shape index (κ3) is 1.39. The smallest absolute Gasteiger partial charge is 0.179 e. The number of rotatable bonds is 0. The van der Waals surface area contributed by atoms with E-state index in [-0.39, 0.29) is 5.62 Å². The molecule has 1 atom stereocenters. The van der Waals surface area contributed by atoms with Crippen molar-refractivity contribution in [3.8, 4) is 0 Å². The van der Waals surface area contributed by atoms with E-state index < -0.39 is 0 Å². The summed E-state index contributed by atoms with van der Waals surface area (Å²) in [6, 6.07) is 0. The van der Waals surface area contributed by atoms with E-state index in [9.17, 15) is 0 Å². The number of aliphatic imine (C=N–C) groups is 1. The van der Waals surface area contributed by atoms with Gasteiger partial charge in [0.1, 0.15) is 11.0 Å². The van der Waals surface area contributed by atoms with Crippen LogP contribution in [0.1, 0.15) is 6.42 Å². The SMILES string of the molecule is ClC1=CC2=NCCCN2C(Cl)N1. The molecule has 2 heterocycles. The molecule has 0 saturated heterocycles. The van der Waals surface area contributed by atoms with Gasteiger partial charge in [0.15, 0.2) is 5.62 Å². The van der Waals surface area contributed by atoms with Gasteiger partial charge in [-0.1, -0.05) is 23.2 Å². The Morgan fingerprint density at radius 1 is 1.67 bits per heavy atom. The highest BCUT2D eigenvalue weighted by molar-refractivity contribution is 6.32. The van der Waals surface area contributed by atoms with E-state index in [4.69, 9.17) is 23.2 Å². The first-order valence-electron chi connectivity index (χ1n) is 3.86. The quantitative estimate of drug-likeness (QED) is 0.477. The van der Waals surface area contributed by atoms with Crippen molar-refractivity contribution >= 4 is 29.0 Å². The Labute approximate surface area is 81.0 Å². The van der Waals surface area contributed by atoms with Crippen LogP contribution in [0, 0.1) is 0 Å². The minimum absolute atomic E-state index is 0.249. The Kier molecular flexibility index (Phi) is 2.15. The first-order chi connectivity index (χ1) is 5.77. The highest BCUT2D eigenvalue weighted by Crippen LogP contribution is 2.18. The van der Waals surface area contributed by atoms with E-state index >= 15 is 0 Å². The second-order valence-electron chi connectivity index (χ2n) is 2.76. The monoisotopic (exact) mass is 205 g/mol. The number of nitrogens with zero attached hydrogens (tertiary/aromatic N) is 2. The van der Waals surface area contributed by atoms with Crippen molar-refractivity contribution in [2.24, 2.45) is 4.99 Å². The Balaban J connectivity index is 2.28. The second kappa shape index (κ2) is 3.15. The molecule has 0 spiro atoms. The molecule has 0 radical (unpaired) electrons. The fraction of sp³-hybridized carbons (Fsp3) is 0.571. The van der Waals surface area contributed by atoms with Crippen LogP contribution in [0.2, 0.25) is 0 Å². The van der Waals surface area contributed by atoms with Crippen LogP contribution in [0.4, 0.5) is 0 Å². The summed E-state index contributed by atoms with van der Waals surface area (Å²) in [5.74, 6) is 0.894. The first kappa shape index (κ1) is 8.20. The third-order valence-corrected chi connectivity index (χ3v) is 2.47. The number of fused-ring (bicyclic) bond motifs is 1. The normalized spacial score (nSPS) is 28.5. The molecule has 2 aliphatic rings. The van der Waals surface area contributed by atoms with Crippen molar-refractivity contribution in [3.05, 3.63) is 11.2 Å². The maximum atomic E-state index is 5.99. The zero-order valence-electron chi connectivity index (χ0n) is 6.43. The predicted molar refractivity (Wildman–Crippen MR) is 50.3 cm³/mol. The van der Waals surface area contributed by atoms with Crippen molar-refractivity contribution < 1.29 is 0 Å². The molecule has 0 aromatic heterocycles. The van der Waals surface area contributed by atoms with Crippen molar-refractivity contribution in [3.63, 3.8) is 0 Å². The summed E-state index contributed by atoms with van der Waals surface area (Å²) in [4.78, 5) is 6.31. The van der Waals surface area contributed by atoms with E-state index in [1.54, 1.807) is 6.08 Å². The van der Waals surface area contributed by atoms with E-state index in [0.29, 0.717) is 5.16 Å².